The van der Waals surface area contributed by atoms with E-state index in [0.717, 1.165) is 37.6 Å². The number of hydrogen-bond donors (Lipinski definition) is 1. The molecule has 2 fully saturated rings. The maximum atomic E-state index is 12.6. The van der Waals surface area contributed by atoms with Crippen molar-refractivity contribution in [2.75, 3.05) is 52.9 Å². The predicted molar refractivity (Wildman–Crippen MR) is 124 cm³/mol. The summed E-state index contributed by atoms with van der Waals surface area (Å²) >= 11 is 6.08. The molecule has 0 spiro atoms. The van der Waals surface area contributed by atoms with E-state index in [1.165, 1.54) is 5.56 Å². The van der Waals surface area contributed by atoms with Crippen LogP contribution in [0.2, 0.25) is 5.02 Å². The molecule has 31 heavy (non-hydrogen) atoms. The zero-order valence-corrected chi connectivity index (χ0v) is 19.4. The van der Waals surface area contributed by atoms with Gasteiger partial charge in [-0.3, -0.25) is 0 Å². The van der Waals surface area contributed by atoms with Crippen molar-refractivity contribution in [2.24, 2.45) is 0 Å². The number of ether oxygens (including phenoxy) is 1. The Balaban J connectivity index is 1.25. The van der Waals surface area contributed by atoms with Crippen LogP contribution in [-0.2, 0) is 16.3 Å². The molecule has 0 aromatic heterocycles. The van der Waals surface area contributed by atoms with Crippen LogP contribution in [0, 0.1) is 0 Å². The molecule has 2 aliphatic heterocycles. The van der Waals surface area contributed by atoms with Crippen molar-refractivity contribution in [3.8, 4) is 5.75 Å². The summed E-state index contributed by atoms with van der Waals surface area (Å²) in [5.41, 5.74) is 1.25. The smallest absolute Gasteiger partial charge is 0.183 e. The van der Waals surface area contributed by atoms with Crippen molar-refractivity contribution >= 4 is 21.4 Å². The highest BCUT2D eigenvalue weighted by Gasteiger charge is 2.36. The minimum atomic E-state index is -3.25. The van der Waals surface area contributed by atoms with Gasteiger partial charge in [-0.2, -0.15) is 0 Å². The Morgan fingerprint density at radius 2 is 1.90 bits per heavy atom. The zero-order chi connectivity index (χ0) is 21.8. The first kappa shape index (κ1) is 22.6. The second-order valence-electron chi connectivity index (χ2n) is 8.50. The Labute approximate surface area is 190 Å². The Morgan fingerprint density at radius 1 is 1.13 bits per heavy atom. The number of halogens is 1. The van der Waals surface area contributed by atoms with Crippen LogP contribution in [0.3, 0.4) is 0 Å². The summed E-state index contributed by atoms with van der Waals surface area (Å²) in [7, 11) is -1.32. The van der Waals surface area contributed by atoms with Crippen LogP contribution < -0.4 is 10.1 Å². The Morgan fingerprint density at radius 3 is 2.61 bits per heavy atom. The van der Waals surface area contributed by atoms with Crippen LogP contribution in [-0.4, -0.2) is 82.4 Å². The van der Waals surface area contributed by atoms with E-state index in [4.69, 9.17) is 16.3 Å². The van der Waals surface area contributed by atoms with Gasteiger partial charge in [-0.1, -0.05) is 23.7 Å². The number of piperazine rings is 1. The van der Waals surface area contributed by atoms with Crippen molar-refractivity contribution in [1.29, 1.82) is 0 Å². The number of benzene rings is 2. The minimum absolute atomic E-state index is 0.238. The fraction of sp³-hybridized carbons (Fsp3) is 0.478. The number of rotatable bonds is 8. The zero-order valence-electron chi connectivity index (χ0n) is 17.8. The number of hydrogen-bond acceptors (Lipinski definition) is 6. The molecule has 0 saturated carbocycles. The van der Waals surface area contributed by atoms with E-state index >= 15 is 0 Å². The van der Waals surface area contributed by atoms with Crippen molar-refractivity contribution in [1.82, 2.24) is 15.1 Å². The second kappa shape index (κ2) is 9.88. The van der Waals surface area contributed by atoms with Crippen molar-refractivity contribution < 1.29 is 13.2 Å². The number of sulfone groups is 1. The standard InChI is InChI=1S/C23H30ClN3O3S/c1-26-15-23(16-26)31(28,29)22-7-5-21(6-8-22)30-17-20-14-27(12-10-25-20)11-9-18-3-2-4-19(24)13-18/h2-8,13,20,23,25H,9-12,14-17H2,1H3. The van der Waals surface area contributed by atoms with Gasteiger partial charge >= 0.3 is 0 Å². The summed E-state index contributed by atoms with van der Waals surface area (Å²) in [6.45, 7) is 5.59. The molecular weight excluding hydrogens is 434 g/mol. The first-order chi connectivity index (χ1) is 14.9. The molecule has 0 bridgehead atoms. The average Bonchev–Trinajstić information content (AvgIpc) is 2.75. The summed E-state index contributed by atoms with van der Waals surface area (Å²) in [6.07, 6.45) is 0.973. The molecule has 0 amide bonds. The molecule has 6 nitrogen and oxygen atoms in total. The van der Waals surface area contributed by atoms with E-state index in [1.807, 2.05) is 30.1 Å². The number of likely N-dealkylation sites (tertiary alicyclic amines) is 1. The SMILES string of the molecule is CN1CC(S(=O)(=O)c2ccc(OCC3CN(CCc4cccc(Cl)c4)CCN3)cc2)C1. The van der Waals surface area contributed by atoms with Crippen molar-refractivity contribution in [3.05, 3.63) is 59.1 Å². The Kier molecular flexibility index (Phi) is 7.19. The number of nitrogens with zero attached hydrogens (tertiary/aromatic N) is 2. The lowest BCUT2D eigenvalue weighted by Crippen LogP contribution is -2.53. The monoisotopic (exact) mass is 463 g/mol. The van der Waals surface area contributed by atoms with Crippen LogP contribution in [0.5, 0.6) is 5.75 Å². The Bertz CT molecular complexity index is 978. The lowest BCUT2D eigenvalue weighted by Gasteiger charge is -2.35. The molecule has 0 aliphatic carbocycles. The fourth-order valence-electron chi connectivity index (χ4n) is 4.14. The first-order valence-electron chi connectivity index (χ1n) is 10.8. The van der Waals surface area contributed by atoms with Gasteiger partial charge in [0.05, 0.1) is 16.2 Å². The molecule has 168 valence electrons. The van der Waals surface area contributed by atoms with Gasteiger partial charge in [-0.05, 0) is 55.4 Å². The summed E-state index contributed by atoms with van der Waals surface area (Å²) < 4.78 is 31.2. The van der Waals surface area contributed by atoms with E-state index in [-0.39, 0.29) is 11.3 Å². The van der Waals surface area contributed by atoms with Gasteiger partial charge in [0.1, 0.15) is 12.4 Å². The third kappa shape index (κ3) is 5.79. The quantitative estimate of drug-likeness (QED) is 0.648. The second-order valence-corrected chi connectivity index (χ2v) is 11.2. The van der Waals surface area contributed by atoms with E-state index in [0.29, 0.717) is 30.3 Å². The summed E-state index contributed by atoms with van der Waals surface area (Å²) in [5.74, 6) is 0.697. The molecule has 2 aromatic carbocycles. The molecule has 2 heterocycles. The van der Waals surface area contributed by atoms with E-state index in [9.17, 15) is 8.42 Å². The van der Waals surface area contributed by atoms with E-state index < -0.39 is 9.84 Å². The van der Waals surface area contributed by atoms with Crippen LogP contribution >= 0.6 is 11.6 Å². The molecule has 4 rings (SSSR count). The largest absolute Gasteiger partial charge is 0.492 e. The van der Waals surface area contributed by atoms with Crippen LogP contribution in [0.15, 0.2) is 53.4 Å². The molecule has 2 aromatic rings. The third-order valence-electron chi connectivity index (χ3n) is 6.02. The normalized spacial score (nSPS) is 21.0. The molecule has 8 heteroatoms. The van der Waals surface area contributed by atoms with Crippen LogP contribution in [0.1, 0.15) is 5.56 Å². The van der Waals surface area contributed by atoms with Gasteiger partial charge in [0.25, 0.3) is 0 Å². The van der Waals surface area contributed by atoms with Gasteiger partial charge < -0.3 is 19.9 Å². The molecule has 1 atom stereocenters. The maximum Gasteiger partial charge on any atom is 0.183 e. The topological polar surface area (TPSA) is 61.9 Å². The molecule has 1 unspecified atom stereocenters. The van der Waals surface area contributed by atoms with Gasteiger partial charge in [-0.15, -0.1) is 0 Å². The molecule has 2 aliphatic rings. The van der Waals surface area contributed by atoms with Gasteiger partial charge in [-0.25, -0.2) is 8.42 Å². The maximum absolute atomic E-state index is 12.6. The minimum Gasteiger partial charge on any atom is -0.492 e. The van der Waals surface area contributed by atoms with Crippen molar-refractivity contribution in [2.45, 2.75) is 22.6 Å². The summed E-state index contributed by atoms with van der Waals surface area (Å²) in [5, 5.41) is 3.99. The van der Waals surface area contributed by atoms with E-state index in [1.54, 1.807) is 24.3 Å². The highest BCUT2D eigenvalue weighted by molar-refractivity contribution is 7.92. The average molecular weight is 464 g/mol. The lowest BCUT2D eigenvalue weighted by atomic mass is 10.1. The molecule has 0 radical (unpaired) electrons. The molecule has 1 N–H and O–H groups in total. The molecular formula is C23H30ClN3O3S. The van der Waals surface area contributed by atoms with E-state index in [2.05, 4.69) is 16.3 Å². The highest BCUT2D eigenvalue weighted by atomic mass is 35.5. The number of nitrogens with one attached hydrogen (secondary N) is 1. The lowest BCUT2D eigenvalue weighted by molar-refractivity contribution is 0.159. The fourth-order valence-corrected chi connectivity index (χ4v) is 6.16. The van der Waals surface area contributed by atoms with Gasteiger partial charge in [0, 0.05) is 44.3 Å². The molecule has 2 saturated heterocycles. The van der Waals surface area contributed by atoms with Crippen LogP contribution in [0.25, 0.3) is 0 Å². The predicted octanol–water partition coefficient (Wildman–Crippen LogP) is 2.32. The van der Waals surface area contributed by atoms with Crippen molar-refractivity contribution in [3.63, 3.8) is 0 Å². The van der Waals surface area contributed by atoms with Gasteiger partial charge in [0.15, 0.2) is 9.84 Å². The van der Waals surface area contributed by atoms with Gasteiger partial charge in [0.2, 0.25) is 0 Å². The Hall–Kier alpha value is -1.64. The highest BCUT2D eigenvalue weighted by Crippen LogP contribution is 2.24. The summed E-state index contributed by atoms with van der Waals surface area (Å²) in [6, 6.07) is 15.1. The first-order valence-corrected chi connectivity index (χ1v) is 12.7. The van der Waals surface area contributed by atoms with Crippen LogP contribution in [0.4, 0.5) is 0 Å². The third-order valence-corrected chi connectivity index (χ3v) is 8.36. The summed E-state index contributed by atoms with van der Waals surface area (Å²) in [4.78, 5) is 4.83.